The molecule has 1 rings (SSSR count). The summed E-state index contributed by atoms with van der Waals surface area (Å²) in [6.45, 7) is 6.18. The van der Waals surface area contributed by atoms with E-state index in [2.05, 4.69) is 13.8 Å². The molecular weight excluding hydrogens is 196 g/mol. The number of hydrogen-bond donors (Lipinski definition) is 0. The first-order chi connectivity index (χ1) is 7.59. The summed E-state index contributed by atoms with van der Waals surface area (Å²) in [5.41, 5.74) is 1.95. The van der Waals surface area contributed by atoms with Crippen molar-refractivity contribution in [2.75, 3.05) is 0 Å². The molecule has 0 unspecified atom stereocenters. The second-order valence-electron chi connectivity index (χ2n) is 4.59. The van der Waals surface area contributed by atoms with Gasteiger partial charge in [0, 0.05) is 6.42 Å². The van der Waals surface area contributed by atoms with Crippen LogP contribution in [0, 0.1) is 5.92 Å². The minimum absolute atomic E-state index is 0.262. The van der Waals surface area contributed by atoms with Crippen LogP contribution in [0.2, 0.25) is 0 Å². The van der Waals surface area contributed by atoms with Crippen molar-refractivity contribution >= 4 is 11.9 Å². The Bertz CT molecular complexity index is 360. The van der Waals surface area contributed by atoms with Crippen molar-refractivity contribution < 1.29 is 4.79 Å². The van der Waals surface area contributed by atoms with Gasteiger partial charge in [-0.05, 0) is 36.5 Å². The summed E-state index contributed by atoms with van der Waals surface area (Å²) in [5, 5.41) is 0. The molecule has 1 aromatic rings. The molecule has 0 N–H and O–H groups in total. The minimum Gasteiger partial charge on any atom is -0.295 e. The molecule has 16 heavy (non-hydrogen) atoms. The molecule has 0 aliphatic carbocycles. The van der Waals surface area contributed by atoms with E-state index in [-0.39, 0.29) is 5.78 Å². The van der Waals surface area contributed by atoms with E-state index in [1.54, 1.807) is 0 Å². The van der Waals surface area contributed by atoms with Gasteiger partial charge in [0.1, 0.15) is 0 Å². The van der Waals surface area contributed by atoms with Crippen LogP contribution < -0.4 is 0 Å². The lowest BCUT2D eigenvalue weighted by Gasteiger charge is -2.04. The van der Waals surface area contributed by atoms with Crippen LogP contribution in [0.25, 0.3) is 6.08 Å². The SMILES string of the molecule is CC(=Cc1ccccc1)C(=O)CCC(C)C. The zero-order valence-corrected chi connectivity index (χ0v) is 10.4. The Hall–Kier alpha value is -1.37. The van der Waals surface area contributed by atoms with Crippen molar-refractivity contribution in [3.8, 4) is 0 Å². The molecule has 0 aromatic heterocycles. The smallest absolute Gasteiger partial charge is 0.158 e. The molecule has 0 spiro atoms. The Kier molecular flexibility index (Phi) is 4.97. The van der Waals surface area contributed by atoms with E-state index in [9.17, 15) is 4.79 Å². The lowest BCUT2D eigenvalue weighted by Crippen LogP contribution is -2.01. The lowest BCUT2D eigenvalue weighted by molar-refractivity contribution is -0.115. The molecule has 0 saturated carbocycles. The first kappa shape index (κ1) is 12.7. The number of rotatable bonds is 5. The number of carbonyl (C=O) groups excluding carboxylic acids is 1. The van der Waals surface area contributed by atoms with Crippen molar-refractivity contribution in [1.29, 1.82) is 0 Å². The molecular formula is C15H20O. The van der Waals surface area contributed by atoms with Crippen LogP contribution in [0.1, 0.15) is 39.2 Å². The maximum absolute atomic E-state index is 11.8. The number of allylic oxidation sites excluding steroid dienone is 1. The van der Waals surface area contributed by atoms with Crippen molar-refractivity contribution in [2.24, 2.45) is 5.92 Å². The van der Waals surface area contributed by atoms with Gasteiger partial charge in [0.2, 0.25) is 0 Å². The van der Waals surface area contributed by atoms with Gasteiger partial charge in [-0.15, -0.1) is 0 Å². The molecule has 0 atom stereocenters. The van der Waals surface area contributed by atoms with E-state index in [0.29, 0.717) is 12.3 Å². The van der Waals surface area contributed by atoms with Crippen LogP contribution in [-0.4, -0.2) is 5.78 Å². The van der Waals surface area contributed by atoms with Crippen LogP contribution >= 0.6 is 0 Å². The van der Waals surface area contributed by atoms with E-state index in [1.165, 1.54) is 0 Å². The van der Waals surface area contributed by atoms with Gasteiger partial charge in [0.25, 0.3) is 0 Å². The van der Waals surface area contributed by atoms with Crippen LogP contribution in [-0.2, 0) is 4.79 Å². The molecule has 1 nitrogen and oxygen atoms in total. The average Bonchev–Trinajstić information content (AvgIpc) is 2.27. The number of ketones is 1. The summed E-state index contributed by atoms with van der Waals surface area (Å²) in [6, 6.07) is 9.97. The van der Waals surface area contributed by atoms with E-state index in [1.807, 2.05) is 43.3 Å². The van der Waals surface area contributed by atoms with Gasteiger partial charge in [-0.2, -0.15) is 0 Å². The Labute approximate surface area is 98.2 Å². The van der Waals surface area contributed by atoms with E-state index >= 15 is 0 Å². The molecule has 0 bridgehead atoms. The van der Waals surface area contributed by atoms with Gasteiger partial charge in [0.15, 0.2) is 5.78 Å². The molecule has 0 heterocycles. The predicted octanol–water partition coefficient (Wildman–Crippen LogP) is 4.10. The van der Waals surface area contributed by atoms with Gasteiger partial charge in [-0.1, -0.05) is 44.2 Å². The van der Waals surface area contributed by atoms with E-state index in [0.717, 1.165) is 17.6 Å². The monoisotopic (exact) mass is 216 g/mol. The third-order valence-corrected chi connectivity index (χ3v) is 2.57. The fraction of sp³-hybridized carbons (Fsp3) is 0.400. The Morgan fingerprint density at radius 3 is 2.44 bits per heavy atom. The van der Waals surface area contributed by atoms with Crippen LogP contribution in [0.3, 0.4) is 0 Å². The first-order valence-corrected chi connectivity index (χ1v) is 5.86. The van der Waals surface area contributed by atoms with Crippen LogP contribution in [0.15, 0.2) is 35.9 Å². The highest BCUT2D eigenvalue weighted by molar-refractivity contribution is 5.98. The molecule has 0 saturated heterocycles. The molecule has 1 aromatic carbocycles. The summed E-state index contributed by atoms with van der Waals surface area (Å²) in [7, 11) is 0. The number of hydrogen-bond acceptors (Lipinski definition) is 1. The van der Waals surface area contributed by atoms with Gasteiger partial charge >= 0.3 is 0 Å². The normalized spacial score (nSPS) is 11.9. The van der Waals surface area contributed by atoms with Gasteiger partial charge < -0.3 is 0 Å². The fourth-order valence-corrected chi connectivity index (χ4v) is 1.50. The summed E-state index contributed by atoms with van der Waals surface area (Å²) in [5.74, 6) is 0.853. The first-order valence-electron chi connectivity index (χ1n) is 5.86. The van der Waals surface area contributed by atoms with Crippen molar-refractivity contribution in [3.05, 3.63) is 41.5 Å². The lowest BCUT2D eigenvalue weighted by atomic mass is 10.0. The largest absolute Gasteiger partial charge is 0.295 e. The average molecular weight is 216 g/mol. The van der Waals surface area contributed by atoms with Gasteiger partial charge in [0.05, 0.1) is 0 Å². The Morgan fingerprint density at radius 2 is 1.88 bits per heavy atom. The highest BCUT2D eigenvalue weighted by Crippen LogP contribution is 2.11. The Balaban J connectivity index is 2.60. The molecule has 0 fully saturated rings. The standard InChI is InChI=1S/C15H20O/c1-12(2)9-10-15(16)13(3)11-14-7-5-4-6-8-14/h4-8,11-12H,9-10H2,1-3H3. The van der Waals surface area contributed by atoms with Crippen molar-refractivity contribution in [1.82, 2.24) is 0 Å². The zero-order valence-electron chi connectivity index (χ0n) is 10.4. The summed E-state index contributed by atoms with van der Waals surface area (Å²) in [4.78, 5) is 11.8. The molecule has 1 heteroatoms. The fourth-order valence-electron chi connectivity index (χ4n) is 1.50. The second-order valence-corrected chi connectivity index (χ2v) is 4.59. The second kappa shape index (κ2) is 6.26. The van der Waals surface area contributed by atoms with Crippen LogP contribution in [0.5, 0.6) is 0 Å². The third kappa shape index (κ3) is 4.43. The highest BCUT2D eigenvalue weighted by atomic mass is 16.1. The van der Waals surface area contributed by atoms with E-state index in [4.69, 9.17) is 0 Å². The topological polar surface area (TPSA) is 17.1 Å². The van der Waals surface area contributed by atoms with Gasteiger partial charge in [-0.25, -0.2) is 0 Å². The number of Topliss-reactive ketones (excluding diaryl/α,β-unsaturated/α-hetero) is 1. The molecule has 86 valence electrons. The molecule has 0 radical (unpaired) electrons. The predicted molar refractivity (Wildman–Crippen MR) is 69.2 cm³/mol. The Morgan fingerprint density at radius 1 is 1.25 bits per heavy atom. The van der Waals surface area contributed by atoms with Crippen LogP contribution in [0.4, 0.5) is 0 Å². The number of benzene rings is 1. The third-order valence-electron chi connectivity index (χ3n) is 2.57. The zero-order chi connectivity index (χ0) is 12.0. The minimum atomic E-state index is 0.262. The maximum Gasteiger partial charge on any atom is 0.158 e. The molecule has 0 aliphatic heterocycles. The summed E-state index contributed by atoms with van der Waals surface area (Å²) >= 11 is 0. The summed E-state index contributed by atoms with van der Waals surface area (Å²) < 4.78 is 0. The molecule has 0 aliphatic rings. The summed E-state index contributed by atoms with van der Waals surface area (Å²) in [6.07, 6.45) is 3.59. The van der Waals surface area contributed by atoms with E-state index < -0.39 is 0 Å². The maximum atomic E-state index is 11.8. The van der Waals surface area contributed by atoms with Gasteiger partial charge in [-0.3, -0.25) is 4.79 Å². The van der Waals surface area contributed by atoms with Crippen molar-refractivity contribution in [2.45, 2.75) is 33.6 Å². The van der Waals surface area contributed by atoms with Crippen molar-refractivity contribution in [3.63, 3.8) is 0 Å². The molecule has 0 amide bonds. The highest BCUT2D eigenvalue weighted by Gasteiger charge is 2.05. The quantitative estimate of drug-likeness (QED) is 0.677. The number of carbonyl (C=O) groups is 1.